The van der Waals surface area contributed by atoms with Gasteiger partial charge in [0.1, 0.15) is 24.0 Å². The Bertz CT molecular complexity index is 1330. The van der Waals surface area contributed by atoms with E-state index >= 15 is 0 Å². The number of nitrogens with one attached hydrogen (secondary N) is 1. The van der Waals surface area contributed by atoms with Crippen LogP contribution in [0.15, 0.2) is 52.1 Å². The molecule has 8 nitrogen and oxygen atoms in total. The van der Waals surface area contributed by atoms with Gasteiger partial charge < -0.3 is 14.2 Å². The van der Waals surface area contributed by atoms with Gasteiger partial charge in [0.2, 0.25) is 5.17 Å². The fraction of sp³-hybridized carbons (Fsp3) is 0.357. The molecule has 1 N–H and O–H groups in total. The average molecular weight is 555 g/mol. The van der Waals surface area contributed by atoms with Crippen LogP contribution < -0.4 is 14.2 Å². The first-order chi connectivity index (χ1) is 18.1. The van der Waals surface area contributed by atoms with Crippen LogP contribution in [0, 0.1) is 5.41 Å². The molecule has 2 aliphatic rings. The van der Waals surface area contributed by atoms with Gasteiger partial charge in [-0.1, -0.05) is 51.4 Å². The van der Waals surface area contributed by atoms with E-state index in [1.165, 1.54) is 22.3 Å². The normalized spacial score (nSPS) is 16.4. The van der Waals surface area contributed by atoms with Crippen LogP contribution in [0.2, 0.25) is 5.02 Å². The maximum atomic E-state index is 12.7. The standard InChI is InChI=1S/C28H31ClN4O4S/c1-6-23-32-33-25(30)20(26(34)31-27(33)38-23)14-17-15-21(29)24(22(16-17)35-7-2)37-13-12-36-19-10-8-18(9-11-19)28(3,4)5/h8-11,14-16,30H,6-7,12-13H2,1-5H3. The minimum Gasteiger partial charge on any atom is -0.490 e. The monoisotopic (exact) mass is 554 g/mol. The Hall–Kier alpha value is -3.30. The first-order valence-corrected chi connectivity index (χ1v) is 13.6. The molecule has 0 atom stereocenters. The number of nitrogens with zero attached hydrogens (tertiary/aromatic N) is 3. The molecule has 0 fully saturated rings. The Morgan fingerprint density at radius 2 is 1.79 bits per heavy atom. The molecule has 0 unspecified atom stereocenters. The van der Waals surface area contributed by atoms with Gasteiger partial charge in [-0.2, -0.15) is 15.1 Å². The molecular weight excluding hydrogens is 524 g/mol. The minimum atomic E-state index is -0.497. The highest BCUT2D eigenvalue weighted by Crippen LogP contribution is 2.38. The topological polar surface area (TPSA) is 96.6 Å². The first-order valence-electron chi connectivity index (χ1n) is 12.4. The summed E-state index contributed by atoms with van der Waals surface area (Å²) in [7, 11) is 0. The highest BCUT2D eigenvalue weighted by Gasteiger charge is 2.35. The lowest BCUT2D eigenvalue weighted by Gasteiger charge is -2.20. The quantitative estimate of drug-likeness (QED) is 0.280. The zero-order chi connectivity index (χ0) is 27.4. The van der Waals surface area contributed by atoms with Gasteiger partial charge in [0.15, 0.2) is 17.3 Å². The van der Waals surface area contributed by atoms with E-state index in [1.807, 2.05) is 26.0 Å². The third-order valence-electron chi connectivity index (χ3n) is 5.76. The van der Waals surface area contributed by atoms with Crippen LogP contribution in [-0.2, 0) is 10.2 Å². The van der Waals surface area contributed by atoms with Crippen molar-refractivity contribution in [1.82, 2.24) is 5.01 Å². The van der Waals surface area contributed by atoms with Crippen molar-refractivity contribution in [3.05, 3.63) is 58.1 Å². The van der Waals surface area contributed by atoms with Crippen LogP contribution in [0.25, 0.3) is 6.08 Å². The van der Waals surface area contributed by atoms with Crippen molar-refractivity contribution < 1.29 is 19.0 Å². The SMILES string of the molecule is CCOc1cc(C=C2C(=N)N3N=C(CC)SC3=NC2=O)cc(Cl)c1OCCOc1ccc(C(C)(C)C)cc1. The number of ether oxygens (including phenoxy) is 3. The number of fused-ring (bicyclic) bond motifs is 1. The lowest BCUT2D eigenvalue weighted by Crippen LogP contribution is -2.35. The number of aliphatic imine (C=N–C) groups is 1. The molecule has 0 saturated heterocycles. The van der Waals surface area contributed by atoms with E-state index in [0.29, 0.717) is 46.9 Å². The second-order valence-corrected chi connectivity index (χ2v) is 11.0. The Morgan fingerprint density at radius 1 is 1.08 bits per heavy atom. The lowest BCUT2D eigenvalue weighted by atomic mass is 9.87. The summed E-state index contributed by atoms with van der Waals surface area (Å²) < 4.78 is 17.5. The number of hydrazone groups is 1. The predicted molar refractivity (Wildman–Crippen MR) is 154 cm³/mol. The van der Waals surface area contributed by atoms with Crippen molar-refractivity contribution in [3.63, 3.8) is 0 Å². The number of carbonyl (C=O) groups excluding carboxylic acids is 1. The maximum Gasteiger partial charge on any atom is 0.283 e. The number of amidine groups is 2. The molecule has 0 aliphatic carbocycles. The van der Waals surface area contributed by atoms with Crippen molar-refractivity contribution in [2.24, 2.45) is 10.1 Å². The summed E-state index contributed by atoms with van der Waals surface area (Å²) in [4.78, 5) is 16.8. The van der Waals surface area contributed by atoms with Gasteiger partial charge in [0.05, 0.1) is 17.2 Å². The molecule has 200 valence electrons. The fourth-order valence-electron chi connectivity index (χ4n) is 3.77. The molecule has 2 aliphatic heterocycles. The molecule has 2 aromatic carbocycles. The van der Waals surface area contributed by atoms with Crippen LogP contribution in [0.5, 0.6) is 17.2 Å². The van der Waals surface area contributed by atoms with E-state index in [-0.39, 0.29) is 23.4 Å². The molecule has 2 heterocycles. The third-order valence-corrected chi connectivity index (χ3v) is 7.09. The number of carbonyl (C=O) groups is 1. The zero-order valence-corrected chi connectivity index (χ0v) is 23.7. The Morgan fingerprint density at radius 3 is 2.45 bits per heavy atom. The highest BCUT2D eigenvalue weighted by atomic mass is 35.5. The predicted octanol–water partition coefficient (Wildman–Crippen LogP) is 6.52. The van der Waals surface area contributed by atoms with Crippen LogP contribution in [-0.4, -0.2) is 46.8 Å². The summed E-state index contributed by atoms with van der Waals surface area (Å²) >= 11 is 7.87. The number of benzene rings is 2. The summed E-state index contributed by atoms with van der Waals surface area (Å²) in [6.45, 7) is 11.3. The van der Waals surface area contributed by atoms with E-state index in [0.717, 1.165) is 10.8 Å². The fourth-order valence-corrected chi connectivity index (χ4v) is 4.87. The van der Waals surface area contributed by atoms with Crippen molar-refractivity contribution in [2.75, 3.05) is 19.8 Å². The van der Waals surface area contributed by atoms with E-state index in [4.69, 9.17) is 31.2 Å². The number of hydrogen-bond acceptors (Lipinski definition) is 7. The van der Waals surface area contributed by atoms with Gasteiger partial charge in [0.25, 0.3) is 5.91 Å². The summed E-state index contributed by atoms with van der Waals surface area (Å²) in [6, 6.07) is 11.4. The van der Waals surface area contributed by atoms with Gasteiger partial charge in [0, 0.05) is 0 Å². The summed E-state index contributed by atoms with van der Waals surface area (Å²) in [5.74, 6) is 1.06. The van der Waals surface area contributed by atoms with E-state index in [1.54, 1.807) is 18.2 Å². The second kappa shape index (κ2) is 11.6. The molecule has 0 radical (unpaired) electrons. The molecule has 38 heavy (non-hydrogen) atoms. The third kappa shape index (κ3) is 6.22. The van der Waals surface area contributed by atoms with Gasteiger partial charge in [-0.05, 0) is 72.0 Å². The van der Waals surface area contributed by atoms with Gasteiger partial charge >= 0.3 is 0 Å². The summed E-state index contributed by atoms with van der Waals surface area (Å²) in [5, 5.41) is 15.8. The minimum absolute atomic E-state index is 0.0296. The van der Waals surface area contributed by atoms with E-state index in [9.17, 15) is 4.79 Å². The first kappa shape index (κ1) is 27.7. The zero-order valence-electron chi connectivity index (χ0n) is 22.1. The average Bonchev–Trinajstić information content (AvgIpc) is 3.29. The van der Waals surface area contributed by atoms with Crippen molar-refractivity contribution >= 4 is 51.4 Å². The van der Waals surface area contributed by atoms with Crippen LogP contribution in [0.4, 0.5) is 0 Å². The van der Waals surface area contributed by atoms with E-state index < -0.39 is 5.91 Å². The van der Waals surface area contributed by atoms with Crippen LogP contribution in [0.1, 0.15) is 52.2 Å². The van der Waals surface area contributed by atoms with Gasteiger partial charge in [-0.15, -0.1) is 0 Å². The largest absolute Gasteiger partial charge is 0.490 e. The summed E-state index contributed by atoms with van der Waals surface area (Å²) in [6.07, 6.45) is 2.27. The Kier molecular flexibility index (Phi) is 8.47. The molecule has 4 rings (SSSR count). The lowest BCUT2D eigenvalue weighted by molar-refractivity contribution is -0.114. The number of hydrogen-bond donors (Lipinski definition) is 1. The number of halogens is 1. The molecule has 0 bridgehead atoms. The smallest absolute Gasteiger partial charge is 0.283 e. The van der Waals surface area contributed by atoms with Gasteiger partial charge in [-0.25, -0.2) is 0 Å². The highest BCUT2D eigenvalue weighted by molar-refractivity contribution is 8.26. The van der Waals surface area contributed by atoms with Crippen molar-refractivity contribution in [2.45, 2.75) is 46.5 Å². The molecular formula is C28H31ClN4O4S. The second-order valence-electron chi connectivity index (χ2n) is 9.60. The number of amides is 1. The Balaban J connectivity index is 1.46. The summed E-state index contributed by atoms with van der Waals surface area (Å²) in [5.41, 5.74) is 2.02. The van der Waals surface area contributed by atoms with Crippen molar-refractivity contribution in [3.8, 4) is 17.2 Å². The number of rotatable bonds is 9. The maximum absolute atomic E-state index is 12.7. The molecule has 2 aromatic rings. The molecule has 10 heteroatoms. The van der Waals surface area contributed by atoms with E-state index in [2.05, 4.69) is 43.0 Å². The van der Waals surface area contributed by atoms with Crippen molar-refractivity contribution in [1.29, 1.82) is 5.41 Å². The molecule has 1 amide bonds. The van der Waals surface area contributed by atoms with Crippen LogP contribution in [0.3, 0.4) is 0 Å². The molecule has 0 spiro atoms. The number of thioether (sulfide) groups is 1. The van der Waals surface area contributed by atoms with Crippen LogP contribution >= 0.6 is 23.4 Å². The Labute approximate surface area is 232 Å². The van der Waals surface area contributed by atoms with Gasteiger partial charge in [-0.3, -0.25) is 10.2 Å². The molecule has 0 aromatic heterocycles. The molecule has 0 saturated carbocycles.